The highest BCUT2D eigenvalue weighted by molar-refractivity contribution is 5.66. The molecule has 0 saturated carbocycles. The van der Waals surface area contributed by atoms with E-state index in [0.717, 1.165) is 12.0 Å². The van der Waals surface area contributed by atoms with Crippen molar-refractivity contribution < 1.29 is 4.74 Å². The van der Waals surface area contributed by atoms with Gasteiger partial charge >= 0.3 is 0 Å². The molecule has 1 heterocycles. The summed E-state index contributed by atoms with van der Waals surface area (Å²) in [7, 11) is 0. The van der Waals surface area contributed by atoms with Crippen molar-refractivity contribution in [3.8, 4) is 11.9 Å². The molecule has 0 radical (unpaired) electrons. The number of benzene rings is 1. The Bertz CT molecular complexity index is 634. The van der Waals surface area contributed by atoms with Gasteiger partial charge in [0.15, 0.2) is 5.82 Å². The van der Waals surface area contributed by atoms with Gasteiger partial charge < -0.3 is 15.8 Å². The first kappa shape index (κ1) is 14.6. The van der Waals surface area contributed by atoms with Crippen molar-refractivity contribution in [2.24, 2.45) is 0 Å². The highest BCUT2D eigenvalue weighted by atomic mass is 16.5. The third-order valence-electron chi connectivity index (χ3n) is 2.83. The molecule has 0 bridgehead atoms. The normalized spacial score (nSPS) is 9.90. The van der Waals surface area contributed by atoms with Gasteiger partial charge in [0.2, 0.25) is 5.88 Å². The first-order valence-corrected chi connectivity index (χ1v) is 6.70. The van der Waals surface area contributed by atoms with E-state index >= 15 is 0 Å². The van der Waals surface area contributed by atoms with E-state index < -0.39 is 0 Å². The lowest BCUT2D eigenvalue weighted by atomic mass is 10.1. The molecule has 2 rings (SSSR count). The van der Waals surface area contributed by atoms with Gasteiger partial charge in [0.05, 0.1) is 18.2 Å². The van der Waals surface area contributed by atoms with Crippen LogP contribution in [0.4, 0.5) is 11.5 Å². The third-order valence-corrected chi connectivity index (χ3v) is 2.83. The molecule has 0 fully saturated rings. The van der Waals surface area contributed by atoms with Crippen LogP contribution in [0.2, 0.25) is 0 Å². The SMILES string of the molecule is CCCOc1ncnc(NCc2ccc(C#N)cc2)c1N. The van der Waals surface area contributed by atoms with Gasteiger partial charge in [-0.3, -0.25) is 0 Å². The highest BCUT2D eigenvalue weighted by Gasteiger charge is 2.08. The van der Waals surface area contributed by atoms with E-state index in [1.165, 1.54) is 6.33 Å². The lowest BCUT2D eigenvalue weighted by Gasteiger charge is -2.11. The molecule has 0 atom stereocenters. The molecule has 0 aliphatic carbocycles. The quantitative estimate of drug-likeness (QED) is 0.844. The van der Waals surface area contributed by atoms with Crippen molar-refractivity contribution in [2.75, 3.05) is 17.7 Å². The zero-order valence-corrected chi connectivity index (χ0v) is 11.8. The summed E-state index contributed by atoms with van der Waals surface area (Å²) in [6.07, 6.45) is 2.31. The van der Waals surface area contributed by atoms with Gasteiger partial charge in [-0.2, -0.15) is 10.2 Å². The van der Waals surface area contributed by atoms with Crippen LogP contribution in [0.3, 0.4) is 0 Å². The average molecular weight is 283 g/mol. The number of nitrogens with two attached hydrogens (primary N) is 1. The van der Waals surface area contributed by atoms with E-state index in [-0.39, 0.29) is 0 Å². The minimum absolute atomic E-state index is 0.397. The van der Waals surface area contributed by atoms with E-state index in [1.807, 2.05) is 19.1 Å². The number of nitrogens with zero attached hydrogens (tertiary/aromatic N) is 3. The zero-order chi connectivity index (χ0) is 15.1. The fourth-order valence-corrected chi connectivity index (χ4v) is 1.72. The van der Waals surface area contributed by atoms with E-state index in [2.05, 4.69) is 21.4 Å². The Morgan fingerprint density at radius 2 is 2.05 bits per heavy atom. The number of hydrogen-bond acceptors (Lipinski definition) is 6. The van der Waals surface area contributed by atoms with Crippen LogP contribution in [0.25, 0.3) is 0 Å². The predicted octanol–water partition coefficient (Wildman–Crippen LogP) is 2.33. The van der Waals surface area contributed by atoms with Crippen molar-refractivity contribution in [3.05, 3.63) is 41.7 Å². The molecular formula is C15H17N5O. The minimum Gasteiger partial charge on any atom is -0.476 e. The van der Waals surface area contributed by atoms with E-state index in [0.29, 0.717) is 36.1 Å². The smallest absolute Gasteiger partial charge is 0.242 e. The van der Waals surface area contributed by atoms with E-state index in [1.54, 1.807) is 12.1 Å². The summed E-state index contributed by atoms with van der Waals surface area (Å²) in [6.45, 7) is 3.14. The monoisotopic (exact) mass is 283 g/mol. The molecule has 0 saturated heterocycles. The van der Waals surface area contributed by atoms with Gasteiger partial charge in [-0.05, 0) is 24.1 Å². The summed E-state index contributed by atoms with van der Waals surface area (Å²) in [4.78, 5) is 8.14. The molecule has 0 amide bonds. The summed E-state index contributed by atoms with van der Waals surface area (Å²) in [5.74, 6) is 0.939. The first-order valence-electron chi connectivity index (χ1n) is 6.70. The largest absolute Gasteiger partial charge is 0.476 e. The maximum atomic E-state index is 8.76. The topological polar surface area (TPSA) is 96.9 Å². The molecular weight excluding hydrogens is 266 g/mol. The van der Waals surface area contributed by atoms with Crippen LogP contribution in [-0.2, 0) is 6.54 Å². The fraction of sp³-hybridized carbons (Fsp3) is 0.267. The number of nitriles is 1. The number of nitrogen functional groups attached to an aromatic ring is 1. The lowest BCUT2D eigenvalue weighted by Crippen LogP contribution is -2.08. The lowest BCUT2D eigenvalue weighted by molar-refractivity contribution is 0.306. The Kier molecular flexibility index (Phi) is 4.94. The van der Waals surface area contributed by atoms with Crippen molar-refractivity contribution in [3.63, 3.8) is 0 Å². The summed E-state index contributed by atoms with van der Waals surface area (Å²) in [6, 6.07) is 9.41. The number of aromatic nitrogens is 2. The van der Waals surface area contributed by atoms with Crippen molar-refractivity contribution in [1.82, 2.24) is 9.97 Å². The van der Waals surface area contributed by atoms with Gasteiger partial charge in [-0.25, -0.2) is 4.98 Å². The predicted molar refractivity (Wildman–Crippen MR) is 80.7 cm³/mol. The molecule has 0 unspecified atom stereocenters. The summed E-state index contributed by atoms with van der Waals surface area (Å²) < 4.78 is 5.46. The number of hydrogen-bond donors (Lipinski definition) is 2. The highest BCUT2D eigenvalue weighted by Crippen LogP contribution is 2.25. The molecule has 6 nitrogen and oxygen atoms in total. The van der Waals surface area contributed by atoms with Crippen LogP contribution in [-0.4, -0.2) is 16.6 Å². The van der Waals surface area contributed by atoms with Gasteiger partial charge in [0.1, 0.15) is 12.0 Å². The Morgan fingerprint density at radius 3 is 2.71 bits per heavy atom. The number of ether oxygens (including phenoxy) is 1. The molecule has 1 aromatic carbocycles. The van der Waals surface area contributed by atoms with Crippen molar-refractivity contribution in [1.29, 1.82) is 5.26 Å². The van der Waals surface area contributed by atoms with E-state index in [9.17, 15) is 0 Å². The van der Waals surface area contributed by atoms with Crippen LogP contribution in [0.15, 0.2) is 30.6 Å². The van der Waals surface area contributed by atoms with Crippen LogP contribution < -0.4 is 15.8 Å². The van der Waals surface area contributed by atoms with Gasteiger partial charge in [-0.1, -0.05) is 19.1 Å². The maximum absolute atomic E-state index is 8.76. The maximum Gasteiger partial charge on any atom is 0.242 e. The van der Waals surface area contributed by atoms with Gasteiger partial charge in [-0.15, -0.1) is 0 Å². The molecule has 6 heteroatoms. The van der Waals surface area contributed by atoms with E-state index in [4.69, 9.17) is 15.7 Å². The fourth-order valence-electron chi connectivity index (χ4n) is 1.72. The second-order valence-corrected chi connectivity index (χ2v) is 4.45. The van der Waals surface area contributed by atoms with Crippen LogP contribution in [0, 0.1) is 11.3 Å². The van der Waals surface area contributed by atoms with Crippen molar-refractivity contribution in [2.45, 2.75) is 19.9 Å². The minimum atomic E-state index is 0.397. The molecule has 0 spiro atoms. The van der Waals surface area contributed by atoms with Crippen LogP contribution in [0.5, 0.6) is 5.88 Å². The average Bonchev–Trinajstić information content (AvgIpc) is 2.53. The van der Waals surface area contributed by atoms with Crippen molar-refractivity contribution >= 4 is 11.5 Å². The van der Waals surface area contributed by atoms with Crippen LogP contribution in [0.1, 0.15) is 24.5 Å². The van der Waals surface area contributed by atoms with Gasteiger partial charge in [0.25, 0.3) is 0 Å². The molecule has 0 aliphatic heterocycles. The Labute approximate surface area is 123 Å². The Morgan fingerprint density at radius 1 is 1.29 bits per heavy atom. The summed E-state index contributed by atoms with van der Waals surface area (Å²) in [5.41, 5.74) is 8.05. The number of nitrogens with one attached hydrogen (secondary N) is 1. The van der Waals surface area contributed by atoms with Crippen LogP contribution >= 0.6 is 0 Å². The Hall–Kier alpha value is -2.81. The molecule has 2 aromatic rings. The molecule has 1 aromatic heterocycles. The summed E-state index contributed by atoms with van der Waals surface area (Å²) >= 11 is 0. The zero-order valence-electron chi connectivity index (χ0n) is 11.8. The standard InChI is InChI=1S/C15H17N5O/c1-2-7-21-15-13(17)14(19-10-20-15)18-9-12-5-3-11(8-16)4-6-12/h3-6,10H,2,7,9,17H2,1H3,(H,18,19,20). The second kappa shape index (κ2) is 7.10. The number of rotatable bonds is 6. The van der Waals surface area contributed by atoms with Gasteiger partial charge in [0, 0.05) is 6.54 Å². The molecule has 21 heavy (non-hydrogen) atoms. The molecule has 3 N–H and O–H groups in total. The molecule has 0 aliphatic rings. The second-order valence-electron chi connectivity index (χ2n) is 4.45. The summed E-state index contributed by atoms with van der Waals surface area (Å²) in [5, 5.41) is 11.9. The number of anilines is 2. The first-order chi connectivity index (χ1) is 10.2. The Balaban J connectivity index is 2.03. The molecule has 108 valence electrons. The third kappa shape index (κ3) is 3.83.